The normalized spacial score (nSPS) is 16.0. The van der Waals surface area contributed by atoms with Gasteiger partial charge in [-0.15, -0.1) is 11.3 Å². The van der Waals surface area contributed by atoms with Crippen LogP contribution in [0.1, 0.15) is 41.0 Å². The fourth-order valence-corrected chi connectivity index (χ4v) is 6.15. The van der Waals surface area contributed by atoms with Gasteiger partial charge >= 0.3 is 0 Å². The van der Waals surface area contributed by atoms with Crippen molar-refractivity contribution in [3.05, 3.63) is 88.4 Å². The number of carbonyl (C=O) groups excluding carboxylic acids is 1. The molecule has 5 rings (SSSR count). The Bertz CT molecular complexity index is 1320. The first-order valence-electron chi connectivity index (χ1n) is 13.4. The molecular formula is C30H33F2N5OS. The summed E-state index contributed by atoms with van der Waals surface area (Å²) in [7, 11) is 1.79. The Morgan fingerprint density at radius 2 is 1.56 bits per heavy atom. The Labute approximate surface area is 232 Å². The lowest BCUT2D eigenvalue weighted by molar-refractivity contribution is -0.131. The molecule has 1 amide bonds. The van der Waals surface area contributed by atoms with Gasteiger partial charge in [-0.3, -0.25) is 4.79 Å². The molecule has 1 saturated heterocycles. The summed E-state index contributed by atoms with van der Waals surface area (Å²) in [6.07, 6.45) is 5.29. The molecule has 0 N–H and O–H groups in total. The van der Waals surface area contributed by atoms with Crippen LogP contribution in [-0.2, 0) is 17.6 Å². The maximum atomic E-state index is 13.7. The summed E-state index contributed by atoms with van der Waals surface area (Å²) in [5.74, 6) is -0.226. The molecule has 0 bridgehead atoms. The number of likely N-dealkylation sites (N-methyl/N-ethyl adjacent to an activating group) is 1. The molecule has 39 heavy (non-hydrogen) atoms. The highest BCUT2D eigenvalue weighted by Crippen LogP contribution is 2.31. The molecule has 1 fully saturated rings. The number of thiazole rings is 1. The summed E-state index contributed by atoms with van der Waals surface area (Å²) in [5, 5.41) is 1.13. The first-order valence-corrected chi connectivity index (χ1v) is 14.2. The number of fused-ring (bicyclic) bond motifs is 1. The Hall–Kier alpha value is -3.59. The molecule has 2 aliphatic heterocycles. The minimum Gasteiger partial charge on any atom is -0.350 e. The topological polar surface area (TPSA) is 52.0 Å². The number of aromatic nitrogens is 1. The Morgan fingerprint density at radius 3 is 2.23 bits per heavy atom. The van der Waals surface area contributed by atoms with E-state index in [9.17, 15) is 13.6 Å². The fraction of sp³-hybridized carbons (Fsp3) is 0.367. The summed E-state index contributed by atoms with van der Waals surface area (Å²) >= 11 is 1.78. The smallest absolute Gasteiger partial charge is 0.242 e. The number of carbonyl (C=O) groups is 1. The predicted octanol–water partition coefficient (Wildman–Crippen LogP) is 5.39. The van der Waals surface area contributed by atoms with Gasteiger partial charge < -0.3 is 14.7 Å². The number of hydrogen-bond acceptors (Lipinski definition) is 5. The Morgan fingerprint density at radius 1 is 0.949 bits per heavy atom. The van der Waals surface area contributed by atoms with Gasteiger partial charge in [-0.05, 0) is 73.4 Å². The SMILES string of the molecule is C=C(N=C(c1ccc(F)cc1)N(C)CC(=O)N1CCc2nc(N3CCCCC3)sc2CC1)c1ccc(F)cc1. The predicted molar refractivity (Wildman–Crippen MR) is 153 cm³/mol. The maximum absolute atomic E-state index is 13.7. The number of benzene rings is 2. The van der Waals surface area contributed by atoms with Crippen molar-refractivity contribution < 1.29 is 13.6 Å². The largest absolute Gasteiger partial charge is 0.350 e. The summed E-state index contributed by atoms with van der Waals surface area (Å²) in [4.78, 5) is 30.4. The van der Waals surface area contributed by atoms with E-state index in [2.05, 4.69) is 11.5 Å². The monoisotopic (exact) mass is 549 g/mol. The van der Waals surface area contributed by atoms with Gasteiger partial charge in [0.25, 0.3) is 0 Å². The van der Waals surface area contributed by atoms with Gasteiger partial charge in [0.05, 0.1) is 17.9 Å². The first kappa shape index (κ1) is 27.0. The third-order valence-electron chi connectivity index (χ3n) is 7.23. The van der Waals surface area contributed by atoms with E-state index >= 15 is 0 Å². The van der Waals surface area contributed by atoms with Crippen molar-refractivity contribution in [2.45, 2.75) is 32.1 Å². The van der Waals surface area contributed by atoms with Crippen LogP contribution in [0.25, 0.3) is 5.70 Å². The van der Waals surface area contributed by atoms with Crippen molar-refractivity contribution in [1.82, 2.24) is 14.8 Å². The van der Waals surface area contributed by atoms with Crippen LogP contribution >= 0.6 is 11.3 Å². The molecule has 3 heterocycles. The highest BCUT2D eigenvalue weighted by molar-refractivity contribution is 7.15. The number of aliphatic imine (C=N–C) groups is 1. The van der Waals surface area contributed by atoms with Crippen molar-refractivity contribution in [2.24, 2.45) is 4.99 Å². The zero-order valence-electron chi connectivity index (χ0n) is 22.2. The van der Waals surface area contributed by atoms with E-state index in [0.29, 0.717) is 35.7 Å². The van der Waals surface area contributed by atoms with Crippen molar-refractivity contribution in [1.29, 1.82) is 0 Å². The molecule has 9 heteroatoms. The van der Waals surface area contributed by atoms with E-state index < -0.39 is 0 Å². The molecule has 1 aromatic heterocycles. The van der Waals surface area contributed by atoms with Crippen LogP contribution in [0.4, 0.5) is 13.9 Å². The maximum Gasteiger partial charge on any atom is 0.242 e. The molecule has 6 nitrogen and oxygen atoms in total. The van der Waals surface area contributed by atoms with E-state index in [4.69, 9.17) is 9.98 Å². The zero-order chi connectivity index (χ0) is 27.4. The lowest BCUT2D eigenvalue weighted by Gasteiger charge is -2.27. The molecule has 0 aliphatic carbocycles. The highest BCUT2D eigenvalue weighted by Gasteiger charge is 2.25. The molecule has 0 atom stereocenters. The van der Waals surface area contributed by atoms with Crippen molar-refractivity contribution in [3.8, 4) is 0 Å². The number of amides is 1. The summed E-state index contributed by atoms with van der Waals surface area (Å²) in [6, 6.07) is 11.9. The molecule has 0 saturated carbocycles. The van der Waals surface area contributed by atoms with Gasteiger partial charge in [-0.25, -0.2) is 18.8 Å². The van der Waals surface area contributed by atoms with Crippen LogP contribution in [0, 0.1) is 11.6 Å². The molecule has 2 aromatic carbocycles. The fourth-order valence-electron chi connectivity index (χ4n) is 5.00. The number of hydrogen-bond donors (Lipinski definition) is 0. The molecule has 2 aliphatic rings. The van der Waals surface area contributed by atoms with Crippen LogP contribution in [0.15, 0.2) is 60.1 Å². The van der Waals surface area contributed by atoms with E-state index in [-0.39, 0.29) is 24.1 Å². The number of piperidine rings is 1. The van der Waals surface area contributed by atoms with E-state index in [1.807, 2.05) is 4.90 Å². The second-order valence-corrected chi connectivity index (χ2v) is 11.1. The molecule has 0 radical (unpaired) electrons. The van der Waals surface area contributed by atoms with Crippen molar-refractivity contribution in [3.63, 3.8) is 0 Å². The van der Waals surface area contributed by atoms with Gasteiger partial charge in [0.15, 0.2) is 5.13 Å². The van der Waals surface area contributed by atoms with Gasteiger partial charge in [-0.1, -0.05) is 6.58 Å². The second-order valence-electron chi connectivity index (χ2n) is 10.0. The zero-order valence-corrected chi connectivity index (χ0v) is 23.0. The number of amidine groups is 1. The number of halogens is 2. The van der Waals surface area contributed by atoms with E-state index in [1.54, 1.807) is 47.5 Å². The van der Waals surface area contributed by atoms with Gasteiger partial charge in [0.1, 0.15) is 17.5 Å². The minimum absolute atomic E-state index is 0.00823. The molecule has 0 spiro atoms. The van der Waals surface area contributed by atoms with Crippen molar-refractivity contribution in [2.75, 3.05) is 44.7 Å². The number of nitrogens with zero attached hydrogens (tertiary/aromatic N) is 5. The highest BCUT2D eigenvalue weighted by atomic mass is 32.1. The third-order valence-corrected chi connectivity index (χ3v) is 8.45. The van der Waals surface area contributed by atoms with Gasteiger partial charge in [0, 0.05) is 56.5 Å². The van der Waals surface area contributed by atoms with Crippen molar-refractivity contribution >= 4 is 33.9 Å². The average Bonchev–Trinajstić information content (AvgIpc) is 3.25. The number of rotatable bonds is 6. The lowest BCUT2D eigenvalue weighted by atomic mass is 10.1. The molecule has 3 aromatic rings. The quantitative estimate of drug-likeness (QED) is 0.306. The Kier molecular flexibility index (Phi) is 8.35. The number of anilines is 1. The van der Waals surface area contributed by atoms with Gasteiger partial charge in [0.2, 0.25) is 5.91 Å². The molecular weight excluding hydrogens is 516 g/mol. The molecule has 204 valence electrons. The molecule has 0 unspecified atom stereocenters. The van der Waals surface area contributed by atoms with E-state index in [1.165, 1.54) is 48.4 Å². The first-order chi connectivity index (χ1) is 18.9. The minimum atomic E-state index is -0.358. The van der Waals surface area contributed by atoms with Crippen LogP contribution < -0.4 is 4.90 Å². The second kappa shape index (κ2) is 12.1. The lowest BCUT2D eigenvalue weighted by Crippen LogP contribution is -2.42. The van der Waals surface area contributed by atoms with Gasteiger partial charge in [-0.2, -0.15) is 0 Å². The van der Waals surface area contributed by atoms with Crippen LogP contribution in [0.2, 0.25) is 0 Å². The summed E-state index contributed by atoms with van der Waals surface area (Å²) < 4.78 is 27.1. The standard InChI is InChI=1S/C30H33F2N5OS/c1-21(22-6-10-24(31)11-7-22)33-29(23-8-12-25(32)13-9-23)35(2)20-28(38)36-18-14-26-27(15-19-36)39-30(34-26)37-16-4-3-5-17-37/h6-13H,1,3-5,14-20H2,2H3. The van der Waals surface area contributed by atoms with Crippen LogP contribution in [0.5, 0.6) is 0 Å². The summed E-state index contributed by atoms with van der Waals surface area (Å²) in [5.41, 5.74) is 2.85. The van der Waals surface area contributed by atoms with Crippen LogP contribution in [0.3, 0.4) is 0 Å². The third kappa shape index (κ3) is 6.53. The summed E-state index contributed by atoms with van der Waals surface area (Å²) in [6.45, 7) is 7.57. The van der Waals surface area contributed by atoms with Crippen LogP contribution in [-0.4, -0.2) is 66.3 Å². The Balaban J connectivity index is 1.28. The average molecular weight is 550 g/mol. The van der Waals surface area contributed by atoms with E-state index in [0.717, 1.165) is 36.8 Å².